The number of rotatable bonds is 3. The largest absolute Gasteiger partial charge is 0.495 e. The SMILES string of the molecule is COc1cc(Cl)c(C)cc1-n1c(C(C)C)c[nH]c1=S. The summed E-state index contributed by atoms with van der Waals surface area (Å²) >= 11 is 11.5. The highest BCUT2D eigenvalue weighted by atomic mass is 35.5. The summed E-state index contributed by atoms with van der Waals surface area (Å²) in [5, 5.41) is 0.689. The van der Waals surface area contributed by atoms with Crippen LogP contribution in [-0.4, -0.2) is 16.7 Å². The molecule has 0 atom stereocenters. The van der Waals surface area contributed by atoms with E-state index in [2.05, 4.69) is 18.8 Å². The average molecular weight is 297 g/mol. The Hall–Kier alpha value is -1.26. The van der Waals surface area contributed by atoms with E-state index in [1.165, 1.54) is 0 Å². The van der Waals surface area contributed by atoms with Gasteiger partial charge in [-0.25, -0.2) is 0 Å². The van der Waals surface area contributed by atoms with Crippen molar-refractivity contribution in [2.75, 3.05) is 7.11 Å². The Balaban J connectivity index is 2.75. The molecule has 0 spiro atoms. The molecule has 1 aromatic heterocycles. The summed E-state index contributed by atoms with van der Waals surface area (Å²) in [4.78, 5) is 3.09. The van der Waals surface area contributed by atoms with Crippen LogP contribution in [0.25, 0.3) is 5.69 Å². The summed E-state index contributed by atoms with van der Waals surface area (Å²) in [5.41, 5.74) is 3.03. The van der Waals surface area contributed by atoms with Gasteiger partial charge < -0.3 is 9.72 Å². The van der Waals surface area contributed by atoms with E-state index in [4.69, 9.17) is 28.6 Å². The van der Waals surface area contributed by atoms with Gasteiger partial charge in [0, 0.05) is 23.0 Å². The molecule has 3 nitrogen and oxygen atoms in total. The first-order valence-corrected chi connectivity index (χ1v) is 6.89. The molecule has 1 aromatic carbocycles. The first-order chi connectivity index (χ1) is 8.95. The third-order valence-corrected chi connectivity index (χ3v) is 3.81. The molecule has 0 fully saturated rings. The Bertz CT molecular complexity index is 658. The zero-order valence-corrected chi connectivity index (χ0v) is 13.0. The number of aromatic nitrogens is 2. The molecule has 0 radical (unpaired) electrons. The number of aryl methyl sites for hydroxylation is 1. The van der Waals surface area contributed by atoms with E-state index >= 15 is 0 Å². The number of imidazole rings is 1. The van der Waals surface area contributed by atoms with E-state index in [9.17, 15) is 0 Å². The average Bonchev–Trinajstić information content (AvgIpc) is 2.74. The summed E-state index contributed by atoms with van der Waals surface area (Å²) in [6, 6.07) is 3.82. The number of ether oxygens (including phenoxy) is 1. The van der Waals surface area contributed by atoms with Gasteiger partial charge in [-0.1, -0.05) is 25.4 Å². The Morgan fingerprint density at radius 3 is 2.63 bits per heavy atom. The van der Waals surface area contributed by atoms with Crippen LogP contribution in [0, 0.1) is 11.7 Å². The number of aromatic amines is 1. The van der Waals surface area contributed by atoms with Gasteiger partial charge in [0.25, 0.3) is 0 Å². The molecule has 0 bridgehead atoms. The van der Waals surface area contributed by atoms with Crippen LogP contribution in [0.2, 0.25) is 5.02 Å². The van der Waals surface area contributed by atoms with Crippen molar-refractivity contribution in [2.45, 2.75) is 26.7 Å². The third-order valence-electron chi connectivity index (χ3n) is 3.10. The van der Waals surface area contributed by atoms with Gasteiger partial charge in [0.15, 0.2) is 4.77 Å². The first-order valence-electron chi connectivity index (χ1n) is 6.10. The zero-order valence-electron chi connectivity index (χ0n) is 11.5. The lowest BCUT2D eigenvalue weighted by atomic mass is 10.1. The number of nitrogens with one attached hydrogen (secondary N) is 1. The van der Waals surface area contributed by atoms with Crippen LogP contribution in [0.4, 0.5) is 0 Å². The van der Waals surface area contributed by atoms with E-state index in [1.54, 1.807) is 7.11 Å². The van der Waals surface area contributed by atoms with E-state index < -0.39 is 0 Å². The van der Waals surface area contributed by atoms with Crippen LogP contribution in [0.3, 0.4) is 0 Å². The molecular formula is C14H17ClN2OS. The van der Waals surface area contributed by atoms with Gasteiger partial charge in [-0.15, -0.1) is 0 Å². The molecule has 5 heteroatoms. The van der Waals surface area contributed by atoms with Crippen molar-refractivity contribution in [3.63, 3.8) is 0 Å². The molecule has 0 saturated heterocycles. The minimum atomic E-state index is 0.355. The summed E-state index contributed by atoms with van der Waals surface area (Å²) in [6.45, 7) is 6.23. The number of nitrogens with zero attached hydrogens (tertiary/aromatic N) is 1. The highest BCUT2D eigenvalue weighted by molar-refractivity contribution is 7.71. The molecular weight excluding hydrogens is 280 g/mol. The number of methoxy groups -OCH3 is 1. The maximum absolute atomic E-state index is 6.14. The summed E-state index contributed by atoms with van der Waals surface area (Å²) < 4.78 is 8.09. The van der Waals surface area contributed by atoms with Crippen molar-refractivity contribution in [1.29, 1.82) is 0 Å². The zero-order chi connectivity index (χ0) is 14.2. The lowest BCUT2D eigenvalue weighted by molar-refractivity contribution is 0.412. The third kappa shape index (κ3) is 2.55. The summed E-state index contributed by atoms with van der Waals surface area (Å²) in [6.07, 6.45) is 1.94. The van der Waals surface area contributed by atoms with Crippen LogP contribution in [0.1, 0.15) is 31.0 Å². The summed E-state index contributed by atoms with van der Waals surface area (Å²) in [7, 11) is 1.63. The Morgan fingerprint density at radius 2 is 2.05 bits per heavy atom. The maximum atomic E-state index is 6.14. The molecule has 2 rings (SSSR count). The smallest absolute Gasteiger partial charge is 0.182 e. The molecule has 0 saturated carbocycles. The Morgan fingerprint density at radius 1 is 1.37 bits per heavy atom. The second-order valence-electron chi connectivity index (χ2n) is 4.78. The molecule has 1 N–H and O–H groups in total. The van der Waals surface area contributed by atoms with Crippen molar-refractivity contribution in [2.24, 2.45) is 0 Å². The normalized spacial score (nSPS) is 11.1. The molecule has 0 aliphatic carbocycles. The van der Waals surface area contributed by atoms with Crippen molar-refractivity contribution < 1.29 is 4.74 Å². The van der Waals surface area contributed by atoms with Crippen molar-refractivity contribution >= 4 is 23.8 Å². The minimum Gasteiger partial charge on any atom is -0.495 e. The topological polar surface area (TPSA) is 29.9 Å². The molecule has 0 unspecified atom stereocenters. The van der Waals surface area contributed by atoms with Gasteiger partial charge >= 0.3 is 0 Å². The quantitative estimate of drug-likeness (QED) is 0.837. The predicted octanol–water partition coefficient (Wildman–Crippen LogP) is 4.63. The van der Waals surface area contributed by atoms with Crippen molar-refractivity contribution in [3.8, 4) is 11.4 Å². The van der Waals surface area contributed by atoms with Gasteiger partial charge in [-0.05, 0) is 36.7 Å². The maximum Gasteiger partial charge on any atom is 0.182 e. The number of H-pyrrole nitrogens is 1. The number of hydrogen-bond donors (Lipinski definition) is 1. The van der Waals surface area contributed by atoms with Crippen LogP contribution in [0.5, 0.6) is 5.75 Å². The fourth-order valence-electron chi connectivity index (χ4n) is 2.04. The second-order valence-corrected chi connectivity index (χ2v) is 5.58. The minimum absolute atomic E-state index is 0.355. The predicted molar refractivity (Wildman–Crippen MR) is 81.3 cm³/mol. The van der Waals surface area contributed by atoms with E-state index in [0.29, 0.717) is 21.5 Å². The standard InChI is InChI=1S/C14H17ClN2OS/c1-8(2)12-7-16-14(19)17(12)11-5-9(3)10(15)6-13(11)18-4/h5-8H,1-4H3,(H,16,19). The molecule has 19 heavy (non-hydrogen) atoms. The van der Waals surface area contributed by atoms with E-state index in [0.717, 1.165) is 16.9 Å². The lowest BCUT2D eigenvalue weighted by Crippen LogP contribution is -2.04. The van der Waals surface area contributed by atoms with Gasteiger partial charge in [0.1, 0.15) is 5.75 Å². The molecule has 2 aromatic rings. The molecule has 102 valence electrons. The fourth-order valence-corrected chi connectivity index (χ4v) is 2.46. The fraction of sp³-hybridized carbons (Fsp3) is 0.357. The highest BCUT2D eigenvalue weighted by Gasteiger charge is 2.15. The highest BCUT2D eigenvalue weighted by Crippen LogP contribution is 2.32. The van der Waals surface area contributed by atoms with E-state index in [1.807, 2.05) is 29.8 Å². The second kappa shape index (κ2) is 5.39. The molecule has 0 aliphatic rings. The van der Waals surface area contributed by atoms with Crippen molar-refractivity contribution in [3.05, 3.63) is 39.4 Å². The van der Waals surface area contributed by atoms with Crippen LogP contribution in [0.15, 0.2) is 18.3 Å². The Kier molecular flexibility index (Phi) is 4.02. The Labute approximate surface area is 123 Å². The van der Waals surface area contributed by atoms with Gasteiger partial charge in [-0.3, -0.25) is 4.57 Å². The lowest BCUT2D eigenvalue weighted by Gasteiger charge is -2.15. The van der Waals surface area contributed by atoms with E-state index in [-0.39, 0.29) is 0 Å². The molecule has 0 amide bonds. The number of benzene rings is 1. The summed E-state index contributed by atoms with van der Waals surface area (Å²) in [5.74, 6) is 1.07. The van der Waals surface area contributed by atoms with Crippen LogP contribution in [-0.2, 0) is 0 Å². The molecule has 1 heterocycles. The first kappa shape index (κ1) is 14.2. The van der Waals surface area contributed by atoms with Gasteiger partial charge in [0.2, 0.25) is 0 Å². The van der Waals surface area contributed by atoms with Crippen LogP contribution >= 0.6 is 23.8 Å². The van der Waals surface area contributed by atoms with Crippen LogP contribution < -0.4 is 4.74 Å². The van der Waals surface area contributed by atoms with Gasteiger partial charge in [-0.2, -0.15) is 0 Å². The number of hydrogen-bond acceptors (Lipinski definition) is 2. The number of halogens is 1. The monoisotopic (exact) mass is 296 g/mol. The van der Waals surface area contributed by atoms with Gasteiger partial charge in [0.05, 0.1) is 12.8 Å². The van der Waals surface area contributed by atoms with Crippen molar-refractivity contribution in [1.82, 2.24) is 9.55 Å². The molecule has 0 aliphatic heterocycles.